The van der Waals surface area contributed by atoms with Gasteiger partial charge in [0.2, 0.25) is 0 Å². The number of ether oxygens (including phenoxy) is 1. The summed E-state index contributed by atoms with van der Waals surface area (Å²) in [4.78, 5) is 16.1. The molecule has 4 nitrogen and oxygen atoms in total. The molecule has 25 heavy (non-hydrogen) atoms. The lowest BCUT2D eigenvalue weighted by molar-refractivity contribution is -0.147. The van der Waals surface area contributed by atoms with Gasteiger partial charge in [0.25, 0.3) is 0 Å². The molecular weight excluding hydrogens is 338 g/mol. The van der Waals surface area contributed by atoms with Crippen LogP contribution in [0.3, 0.4) is 0 Å². The van der Waals surface area contributed by atoms with E-state index in [-0.39, 0.29) is 5.92 Å². The molecule has 0 saturated heterocycles. The minimum absolute atomic E-state index is 0.214. The summed E-state index contributed by atoms with van der Waals surface area (Å²) in [5.74, 6) is -0.788. The molecule has 2 unspecified atom stereocenters. The Morgan fingerprint density at radius 3 is 2.64 bits per heavy atom. The van der Waals surface area contributed by atoms with Crippen LogP contribution in [0.1, 0.15) is 12.5 Å². The first-order valence-corrected chi connectivity index (χ1v) is 8.40. The lowest BCUT2D eigenvalue weighted by atomic mass is 9.95. The molecule has 0 fully saturated rings. The number of aliphatic carboxylic acids is 1. The molecule has 0 aliphatic heterocycles. The molecule has 0 amide bonds. The molecule has 5 heteroatoms. The third kappa shape index (κ3) is 3.91. The van der Waals surface area contributed by atoms with E-state index in [1.807, 2.05) is 43.3 Å². The molecule has 0 aliphatic rings. The zero-order valence-electron chi connectivity index (χ0n) is 13.7. The van der Waals surface area contributed by atoms with Crippen LogP contribution in [0.5, 0.6) is 5.75 Å². The van der Waals surface area contributed by atoms with Gasteiger partial charge in [-0.05, 0) is 36.2 Å². The average molecular weight is 356 g/mol. The summed E-state index contributed by atoms with van der Waals surface area (Å²) in [6.07, 6.45) is 1.26. The maximum absolute atomic E-state index is 11.8. The number of halogens is 1. The van der Waals surface area contributed by atoms with E-state index in [9.17, 15) is 9.90 Å². The van der Waals surface area contributed by atoms with Crippen LogP contribution in [-0.4, -0.2) is 22.2 Å². The van der Waals surface area contributed by atoms with Crippen LogP contribution < -0.4 is 4.74 Å². The highest BCUT2D eigenvalue weighted by atomic mass is 35.5. The molecule has 0 saturated carbocycles. The fourth-order valence-corrected chi connectivity index (χ4v) is 3.06. The Bertz CT molecular complexity index is 883. The highest BCUT2D eigenvalue weighted by Gasteiger charge is 2.28. The van der Waals surface area contributed by atoms with Crippen LogP contribution in [-0.2, 0) is 11.2 Å². The third-order valence-electron chi connectivity index (χ3n) is 4.09. The van der Waals surface area contributed by atoms with Crippen LogP contribution in [0, 0.1) is 5.92 Å². The molecule has 3 aromatic rings. The quantitative estimate of drug-likeness (QED) is 0.702. The van der Waals surface area contributed by atoms with E-state index in [0.717, 1.165) is 10.9 Å². The predicted molar refractivity (Wildman–Crippen MR) is 98.1 cm³/mol. The molecule has 128 valence electrons. The minimum atomic E-state index is -0.998. The van der Waals surface area contributed by atoms with Crippen molar-refractivity contribution in [3.8, 4) is 5.75 Å². The first kappa shape index (κ1) is 17.2. The molecule has 1 heterocycles. The van der Waals surface area contributed by atoms with Crippen molar-refractivity contribution in [2.24, 2.45) is 5.92 Å². The van der Waals surface area contributed by atoms with Crippen molar-refractivity contribution in [1.29, 1.82) is 0 Å². The molecule has 0 aliphatic carbocycles. The van der Waals surface area contributed by atoms with Crippen LogP contribution in [0.15, 0.2) is 60.8 Å². The summed E-state index contributed by atoms with van der Waals surface area (Å²) in [7, 11) is 0. The van der Waals surface area contributed by atoms with Crippen molar-refractivity contribution in [2.45, 2.75) is 19.4 Å². The normalized spacial score (nSPS) is 13.4. The van der Waals surface area contributed by atoms with E-state index < -0.39 is 12.1 Å². The summed E-state index contributed by atoms with van der Waals surface area (Å²) in [5.41, 5.74) is 1.64. The Labute approximate surface area is 151 Å². The largest absolute Gasteiger partial charge is 0.478 e. The second kappa shape index (κ2) is 7.53. The molecule has 0 spiro atoms. The van der Waals surface area contributed by atoms with Crippen molar-refractivity contribution >= 4 is 28.5 Å². The van der Waals surface area contributed by atoms with E-state index in [4.69, 9.17) is 16.3 Å². The zero-order chi connectivity index (χ0) is 17.8. The Balaban J connectivity index is 1.88. The van der Waals surface area contributed by atoms with E-state index in [1.54, 1.807) is 24.4 Å². The first-order valence-electron chi connectivity index (χ1n) is 8.03. The Morgan fingerprint density at radius 1 is 1.16 bits per heavy atom. The average Bonchev–Trinajstić information content (AvgIpc) is 2.62. The van der Waals surface area contributed by atoms with Gasteiger partial charge in [0, 0.05) is 17.5 Å². The summed E-state index contributed by atoms with van der Waals surface area (Å²) in [6, 6.07) is 16.8. The van der Waals surface area contributed by atoms with E-state index in [1.165, 1.54) is 0 Å². The number of aromatic nitrogens is 1. The smallest absolute Gasteiger partial charge is 0.345 e. The Kier molecular flexibility index (Phi) is 5.19. The summed E-state index contributed by atoms with van der Waals surface area (Å²) in [6.45, 7) is 1.87. The van der Waals surface area contributed by atoms with E-state index >= 15 is 0 Å². The van der Waals surface area contributed by atoms with Gasteiger partial charge in [-0.15, -0.1) is 0 Å². The van der Waals surface area contributed by atoms with Crippen molar-refractivity contribution in [2.75, 3.05) is 0 Å². The molecule has 0 radical (unpaired) electrons. The number of carboxylic acids is 1. The van der Waals surface area contributed by atoms with Gasteiger partial charge in [-0.3, -0.25) is 4.98 Å². The molecule has 1 N–H and O–H groups in total. The second-order valence-corrected chi connectivity index (χ2v) is 6.40. The van der Waals surface area contributed by atoms with Crippen molar-refractivity contribution in [3.63, 3.8) is 0 Å². The topological polar surface area (TPSA) is 59.4 Å². The molecule has 2 atom stereocenters. The number of carboxylic acid groups (broad SMARTS) is 1. The summed E-state index contributed by atoms with van der Waals surface area (Å²) >= 11 is 6.19. The fourth-order valence-electron chi connectivity index (χ4n) is 2.85. The number of fused-ring (bicyclic) bond motifs is 1. The zero-order valence-corrected chi connectivity index (χ0v) is 14.5. The number of nitrogens with zero attached hydrogens (tertiary/aromatic N) is 1. The van der Waals surface area contributed by atoms with Gasteiger partial charge in [-0.1, -0.05) is 48.9 Å². The van der Waals surface area contributed by atoms with Crippen molar-refractivity contribution in [1.82, 2.24) is 4.98 Å². The van der Waals surface area contributed by atoms with Gasteiger partial charge in [-0.2, -0.15) is 0 Å². The number of carbonyl (C=O) groups is 1. The molecule has 3 rings (SSSR count). The van der Waals surface area contributed by atoms with Gasteiger partial charge >= 0.3 is 5.97 Å². The molecule has 2 aromatic carbocycles. The van der Waals surface area contributed by atoms with Crippen LogP contribution in [0.25, 0.3) is 10.9 Å². The SMILES string of the molecule is CC(Cc1ccccc1)C(Oc1ccc(Cl)c2cccnc12)C(=O)O. The molecular formula is C20H18ClNO3. The fraction of sp³-hybridized carbons (Fsp3) is 0.200. The van der Waals surface area contributed by atoms with Gasteiger partial charge in [0.15, 0.2) is 6.10 Å². The lowest BCUT2D eigenvalue weighted by Gasteiger charge is -2.22. The maximum atomic E-state index is 11.8. The van der Waals surface area contributed by atoms with E-state index in [2.05, 4.69) is 4.98 Å². The third-order valence-corrected chi connectivity index (χ3v) is 4.42. The Hall–Kier alpha value is -2.59. The number of rotatable bonds is 6. The standard InChI is InChI=1S/C20H18ClNO3/c1-13(12-14-6-3-2-4-7-14)19(20(23)24)25-17-10-9-16(21)15-8-5-11-22-18(15)17/h2-11,13,19H,12H2,1H3,(H,23,24). The number of hydrogen-bond donors (Lipinski definition) is 1. The van der Waals surface area contributed by atoms with Crippen molar-refractivity contribution < 1.29 is 14.6 Å². The van der Waals surface area contributed by atoms with Crippen LogP contribution in [0.2, 0.25) is 5.02 Å². The predicted octanol–water partition coefficient (Wildman–Crippen LogP) is 4.60. The monoisotopic (exact) mass is 355 g/mol. The van der Waals surface area contributed by atoms with Crippen LogP contribution in [0.4, 0.5) is 0 Å². The maximum Gasteiger partial charge on any atom is 0.345 e. The number of benzene rings is 2. The van der Waals surface area contributed by atoms with Crippen molar-refractivity contribution in [3.05, 3.63) is 71.4 Å². The second-order valence-electron chi connectivity index (χ2n) is 5.99. The van der Waals surface area contributed by atoms with E-state index in [0.29, 0.717) is 22.7 Å². The molecule has 0 bridgehead atoms. The number of hydrogen-bond acceptors (Lipinski definition) is 3. The molecule has 1 aromatic heterocycles. The minimum Gasteiger partial charge on any atom is -0.478 e. The summed E-state index contributed by atoms with van der Waals surface area (Å²) < 4.78 is 5.86. The Morgan fingerprint density at radius 2 is 1.92 bits per heavy atom. The highest BCUT2D eigenvalue weighted by Crippen LogP contribution is 2.31. The van der Waals surface area contributed by atoms with Gasteiger partial charge in [-0.25, -0.2) is 4.79 Å². The van der Waals surface area contributed by atoms with Crippen LogP contribution >= 0.6 is 11.6 Å². The van der Waals surface area contributed by atoms with Gasteiger partial charge in [0.1, 0.15) is 11.3 Å². The van der Waals surface area contributed by atoms with Gasteiger partial charge < -0.3 is 9.84 Å². The summed E-state index contributed by atoms with van der Waals surface area (Å²) in [5, 5.41) is 10.9. The number of pyridine rings is 1. The highest BCUT2D eigenvalue weighted by molar-refractivity contribution is 6.35. The lowest BCUT2D eigenvalue weighted by Crippen LogP contribution is -2.35. The van der Waals surface area contributed by atoms with Gasteiger partial charge in [0.05, 0.1) is 5.02 Å². The first-order chi connectivity index (χ1) is 12.1.